The van der Waals surface area contributed by atoms with E-state index in [1.165, 1.54) is 11.1 Å². The molecule has 3 aromatic carbocycles. The molecule has 0 unspecified atom stereocenters. The molecule has 1 saturated heterocycles. The second-order valence-corrected chi connectivity index (χ2v) is 11.8. The molecule has 0 aromatic heterocycles. The minimum absolute atomic E-state index is 0.144. The molecule has 0 atom stereocenters. The van der Waals surface area contributed by atoms with Crippen LogP contribution >= 0.6 is 0 Å². The molecule has 0 spiro atoms. The summed E-state index contributed by atoms with van der Waals surface area (Å²) in [5.41, 5.74) is 3.49. The van der Waals surface area contributed by atoms with Crippen molar-refractivity contribution in [1.82, 2.24) is 14.5 Å². The normalized spacial score (nSPS) is 14.9. The van der Waals surface area contributed by atoms with Gasteiger partial charge in [-0.1, -0.05) is 86.6 Å². The van der Waals surface area contributed by atoms with Gasteiger partial charge in [0.05, 0.1) is 10.9 Å². The van der Waals surface area contributed by atoms with Crippen LogP contribution in [0.2, 0.25) is 0 Å². The van der Waals surface area contributed by atoms with E-state index in [1.807, 2.05) is 30.9 Å². The molecule has 0 bridgehead atoms. The summed E-state index contributed by atoms with van der Waals surface area (Å²) >= 11 is 0. The molecule has 4 rings (SSSR count). The molecule has 1 aliphatic rings. The van der Waals surface area contributed by atoms with Gasteiger partial charge in [-0.3, -0.25) is 9.69 Å². The number of nitrogens with one attached hydrogen (secondary N) is 1. The highest BCUT2D eigenvalue weighted by molar-refractivity contribution is 7.89. The van der Waals surface area contributed by atoms with Gasteiger partial charge in [0.15, 0.2) is 0 Å². The van der Waals surface area contributed by atoms with Crippen LogP contribution < -0.4 is 4.72 Å². The first-order chi connectivity index (χ1) is 17.8. The van der Waals surface area contributed by atoms with Gasteiger partial charge in [0.1, 0.15) is 0 Å². The molecule has 0 saturated carbocycles. The van der Waals surface area contributed by atoms with Crippen molar-refractivity contribution in [2.24, 2.45) is 5.92 Å². The highest BCUT2D eigenvalue weighted by atomic mass is 32.2. The molecule has 1 aliphatic heterocycles. The fourth-order valence-corrected chi connectivity index (χ4v) is 5.93. The van der Waals surface area contributed by atoms with Gasteiger partial charge in [-0.15, -0.1) is 0 Å². The average Bonchev–Trinajstić information content (AvgIpc) is 2.93. The van der Waals surface area contributed by atoms with Gasteiger partial charge in [-0.25, -0.2) is 13.1 Å². The predicted molar refractivity (Wildman–Crippen MR) is 148 cm³/mol. The van der Waals surface area contributed by atoms with Crippen molar-refractivity contribution >= 4 is 15.9 Å². The van der Waals surface area contributed by atoms with Crippen LogP contribution in [-0.2, 0) is 21.2 Å². The lowest BCUT2D eigenvalue weighted by Gasteiger charge is -2.40. The quantitative estimate of drug-likeness (QED) is 0.429. The molecule has 0 aliphatic carbocycles. The first kappa shape index (κ1) is 27.0. The zero-order valence-electron chi connectivity index (χ0n) is 21.7. The largest absolute Gasteiger partial charge is 0.340 e. The zero-order chi connectivity index (χ0) is 26.3. The summed E-state index contributed by atoms with van der Waals surface area (Å²) in [6.07, 6.45) is 1.01. The van der Waals surface area contributed by atoms with E-state index in [2.05, 4.69) is 58.2 Å². The van der Waals surface area contributed by atoms with Gasteiger partial charge < -0.3 is 4.90 Å². The van der Waals surface area contributed by atoms with Crippen molar-refractivity contribution in [3.8, 4) is 0 Å². The molecule has 3 aromatic rings. The number of rotatable bonds is 10. The van der Waals surface area contributed by atoms with Crippen molar-refractivity contribution in [2.45, 2.75) is 37.6 Å². The van der Waals surface area contributed by atoms with E-state index in [0.717, 1.165) is 18.7 Å². The maximum atomic E-state index is 13.0. The third kappa shape index (κ3) is 7.28. The molecule has 1 fully saturated rings. The second-order valence-electron chi connectivity index (χ2n) is 10.0. The molecule has 1 heterocycles. The summed E-state index contributed by atoms with van der Waals surface area (Å²) in [5, 5.41) is 0. The van der Waals surface area contributed by atoms with E-state index < -0.39 is 10.0 Å². The van der Waals surface area contributed by atoms with Gasteiger partial charge in [0.25, 0.3) is 0 Å². The van der Waals surface area contributed by atoms with Gasteiger partial charge in [0.2, 0.25) is 15.9 Å². The number of sulfonamides is 1. The van der Waals surface area contributed by atoms with E-state index in [9.17, 15) is 13.2 Å². The maximum absolute atomic E-state index is 13.0. The number of aryl methyl sites for hydroxylation is 1. The number of carbonyl (C=O) groups excluding carboxylic acids is 1. The number of hydrogen-bond acceptors (Lipinski definition) is 4. The van der Waals surface area contributed by atoms with Crippen LogP contribution in [0.4, 0.5) is 0 Å². The second kappa shape index (κ2) is 12.5. The summed E-state index contributed by atoms with van der Waals surface area (Å²) in [7, 11) is -3.50. The van der Waals surface area contributed by atoms with Crippen LogP contribution in [-0.4, -0.2) is 56.8 Å². The Bertz CT molecular complexity index is 1200. The molecular weight excluding hydrogens is 482 g/mol. The van der Waals surface area contributed by atoms with E-state index in [4.69, 9.17) is 0 Å². The molecule has 196 valence electrons. The monoisotopic (exact) mass is 519 g/mol. The fraction of sp³-hybridized carbons (Fsp3) is 0.367. The standard InChI is InChI=1S/C30H37N3O3S/c1-24(2)23-31-37(35,36)28-16-13-25(14-17-28)15-18-29(34)32-19-21-33(22-20-32)30(26-9-5-3-6-10-26)27-11-7-4-8-12-27/h3-14,16-17,24,30-31H,15,18-23H2,1-2H3. The highest BCUT2D eigenvalue weighted by Crippen LogP contribution is 2.29. The Balaban J connectivity index is 1.31. The van der Waals surface area contributed by atoms with E-state index in [-0.39, 0.29) is 22.8 Å². The van der Waals surface area contributed by atoms with Crippen molar-refractivity contribution in [3.63, 3.8) is 0 Å². The van der Waals surface area contributed by atoms with Gasteiger partial charge in [-0.2, -0.15) is 0 Å². The average molecular weight is 520 g/mol. The number of benzene rings is 3. The van der Waals surface area contributed by atoms with Crippen molar-refractivity contribution in [3.05, 3.63) is 102 Å². The summed E-state index contributed by atoms with van der Waals surface area (Å²) in [6.45, 7) is 7.37. The third-order valence-corrected chi connectivity index (χ3v) is 8.25. The predicted octanol–water partition coefficient (Wildman–Crippen LogP) is 4.49. The SMILES string of the molecule is CC(C)CNS(=O)(=O)c1ccc(CCC(=O)N2CCN(C(c3ccccc3)c3ccccc3)CC2)cc1. The Labute approximate surface area is 221 Å². The summed E-state index contributed by atoms with van der Waals surface area (Å²) in [6, 6.07) is 28.1. The van der Waals surface area contributed by atoms with Crippen molar-refractivity contribution < 1.29 is 13.2 Å². The highest BCUT2D eigenvalue weighted by Gasteiger charge is 2.28. The number of amides is 1. The Hall–Kier alpha value is -3.00. The van der Waals surface area contributed by atoms with Crippen LogP contribution in [0.3, 0.4) is 0 Å². The Morgan fingerprint density at radius 1 is 0.811 bits per heavy atom. The molecule has 1 amide bonds. The topological polar surface area (TPSA) is 69.7 Å². The van der Waals surface area contributed by atoms with E-state index in [0.29, 0.717) is 32.5 Å². The lowest BCUT2D eigenvalue weighted by Crippen LogP contribution is -2.49. The van der Waals surface area contributed by atoms with Gasteiger partial charge in [-0.05, 0) is 41.2 Å². The molecule has 1 N–H and O–H groups in total. The molecule has 6 nitrogen and oxygen atoms in total. The molecule has 0 radical (unpaired) electrons. The van der Waals surface area contributed by atoms with Gasteiger partial charge in [0, 0.05) is 39.1 Å². The zero-order valence-corrected chi connectivity index (χ0v) is 22.5. The Kier molecular flexibility index (Phi) is 9.14. The first-order valence-corrected chi connectivity index (χ1v) is 14.5. The molecular formula is C30H37N3O3S. The van der Waals surface area contributed by atoms with Crippen LogP contribution in [0.5, 0.6) is 0 Å². The van der Waals surface area contributed by atoms with E-state index >= 15 is 0 Å². The number of piperazine rings is 1. The van der Waals surface area contributed by atoms with Crippen LogP contribution in [0.25, 0.3) is 0 Å². The minimum Gasteiger partial charge on any atom is -0.340 e. The third-order valence-electron chi connectivity index (χ3n) is 6.81. The Morgan fingerprint density at radius 3 is 1.86 bits per heavy atom. The smallest absolute Gasteiger partial charge is 0.240 e. The van der Waals surface area contributed by atoms with Crippen LogP contribution in [0.1, 0.15) is 43.0 Å². The molecule has 7 heteroatoms. The lowest BCUT2D eigenvalue weighted by atomic mass is 9.96. The van der Waals surface area contributed by atoms with Crippen LogP contribution in [0, 0.1) is 5.92 Å². The Morgan fingerprint density at radius 2 is 1.35 bits per heavy atom. The van der Waals surface area contributed by atoms with Crippen LogP contribution in [0.15, 0.2) is 89.8 Å². The first-order valence-electron chi connectivity index (χ1n) is 13.0. The summed E-state index contributed by atoms with van der Waals surface area (Å²) in [4.78, 5) is 17.6. The summed E-state index contributed by atoms with van der Waals surface area (Å²) < 4.78 is 27.4. The van der Waals surface area contributed by atoms with Crippen molar-refractivity contribution in [2.75, 3.05) is 32.7 Å². The number of hydrogen-bond donors (Lipinski definition) is 1. The van der Waals surface area contributed by atoms with Crippen molar-refractivity contribution in [1.29, 1.82) is 0 Å². The lowest BCUT2D eigenvalue weighted by molar-refractivity contribution is -0.133. The maximum Gasteiger partial charge on any atom is 0.240 e. The number of carbonyl (C=O) groups is 1. The summed E-state index contributed by atoms with van der Waals surface area (Å²) in [5.74, 6) is 0.385. The number of nitrogens with zero attached hydrogens (tertiary/aromatic N) is 2. The van der Waals surface area contributed by atoms with E-state index in [1.54, 1.807) is 24.3 Å². The fourth-order valence-electron chi connectivity index (χ4n) is 4.72. The molecule has 37 heavy (non-hydrogen) atoms. The minimum atomic E-state index is -3.50. The van der Waals surface area contributed by atoms with Gasteiger partial charge >= 0.3 is 0 Å².